The van der Waals surface area contributed by atoms with Crippen LogP contribution in [0.5, 0.6) is 0 Å². The number of carbonyl (C=O) groups is 1. The van der Waals surface area contributed by atoms with Gasteiger partial charge < -0.3 is 10.6 Å². The molecular weight excluding hydrogens is 238 g/mol. The molecule has 19 heavy (non-hydrogen) atoms. The minimum atomic E-state index is 0.0557. The average Bonchev–Trinajstić information content (AvgIpc) is 2.46. The highest BCUT2D eigenvalue weighted by molar-refractivity contribution is 5.77. The Morgan fingerprint density at radius 1 is 1.37 bits per heavy atom. The predicted octanol–water partition coefficient (Wildman–Crippen LogP) is 0.987. The molecule has 0 aromatic heterocycles. The highest BCUT2D eigenvalue weighted by Crippen LogP contribution is 2.13. The molecule has 1 fully saturated rings. The second-order valence-electron chi connectivity index (χ2n) is 5.11. The van der Waals surface area contributed by atoms with E-state index in [4.69, 9.17) is 0 Å². The largest absolute Gasteiger partial charge is 0.358 e. The van der Waals surface area contributed by atoms with Gasteiger partial charge in [-0.15, -0.1) is 0 Å². The molecule has 1 unspecified atom stereocenters. The molecule has 1 aromatic carbocycles. The predicted molar refractivity (Wildman–Crippen MR) is 76.8 cm³/mol. The third kappa shape index (κ3) is 4.65. The molecule has 0 spiro atoms. The molecule has 104 valence electrons. The molecule has 1 heterocycles. The van der Waals surface area contributed by atoms with E-state index in [-0.39, 0.29) is 5.91 Å². The fourth-order valence-corrected chi connectivity index (χ4v) is 2.53. The van der Waals surface area contributed by atoms with E-state index in [9.17, 15) is 4.79 Å². The van der Waals surface area contributed by atoms with Crippen molar-refractivity contribution in [3.8, 4) is 0 Å². The normalized spacial score (nSPS) is 20.2. The molecule has 4 heteroatoms. The Bertz CT molecular complexity index is 394. The topological polar surface area (TPSA) is 44.4 Å². The molecule has 1 aliphatic heterocycles. The van der Waals surface area contributed by atoms with E-state index in [0.29, 0.717) is 12.6 Å². The lowest BCUT2D eigenvalue weighted by Crippen LogP contribution is -2.47. The quantitative estimate of drug-likeness (QED) is 0.830. The van der Waals surface area contributed by atoms with Crippen LogP contribution in [0.2, 0.25) is 0 Å². The number of nitrogens with zero attached hydrogens (tertiary/aromatic N) is 1. The number of hydrogen-bond acceptors (Lipinski definition) is 3. The lowest BCUT2D eigenvalue weighted by molar-refractivity contribution is -0.119. The van der Waals surface area contributed by atoms with E-state index in [0.717, 1.165) is 26.1 Å². The van der Waals surface area contributed by atoms with E-state index >= 15 is 0 Å². The van der Waals surface area contributed by atoms with Crippen LogP contribution in [0, 0.1) is 0 Å². The van der Waals surface area contributed by atoms with Crippen molar-refractivity contribution in [2.45, 2.75) is 25.4 Å². The first-order valence-corrected chi connectivity index (χ1v) is 6.98. The van der Waals surface area contributed by atoms with E-state index in [1.54, 1.807) is 7.05 Å². The maximum atomic E-state index is 11.2. The summed E-state index contributed by atoms with van der Waals surface area (Å²) in [6, 6.07) is 11.0. The Hall–Kier alpha value is -1.39. The van der Waals surface area contributed by atoms with Gasteiger partial charge in [-0.25, -0.2) is 0 Å². The number of rotatable bonds is 5. The molecule has 0 bridgehead atoms. The van der Waals surface area contributed by atoms with Gasteiger partial charge in [0.1, 0.15) is 0 Å². The van der Waals surface area contributed by atoms with Crippen molar-refractivity contribution in [2.24, 2.45) is 0 Å². The number of likely N-dealkylation sites (tertiary alicyclic amines) is 1. The van der Waals surface area contributed by atoms with Crippen molar-refractivity contribution in [2.75, 3.05) is 26.7 Å². The summed E-state index contributed by atoms with van der Waals surface area (Å²) in [6.07, 6.45) is 2.35. The van der Waals surface area contributed by atoms with E-state index < -0.39 is 0 Å². The van der Waals surface area contributed by atoms with E-state index in [1.807, 2.05) is 6.07 Å². The van der Waals surface area contributed by atoms with Crippen LogP contribution in [-0.4, -0.2) is 43.5 Å². The second-order valence-corrected chi connectivity index (χ2v) is 5.11. The van der Waals surface area contributed by atoms with Crippen LogP contribution >= 0.6 is 0 Å². The molecule has 4 nitrogen and oxygen atoms in total. The van der Waals surface area contributed by atoms with Crippen LogP contribution in [0.25, 0.3) is 0 Å². The van der Waals surface area contributed by atoms with Crippen LogP contribution in [0.15, 0.2) is 30.3 Å². The zero-order valence-electron chi connectivity index (χ0n) is 11.6. The molecular formula is C15H23N3O. The number of piperidine rings is 1. The van der Waals surface area contributed by atoms with Crippen molar-refractivity contribution < 1.29 is 4.79 Å². The van der Waals surface area contributed by atoms with Gasteiger partial charge in [-0.2, -0.15) is 0 Å². The van der Waals surface area contributed by atoms with Gasteiger partial charge in [0.25, 0.3) is 0 Å². The second kappa shape index (κ2) is 7.26. The highest BCUT2D eigenvalue weighted by Gasteiger charge is 2.19. The van der Waals surface area contributed by atoms with Gasteiger partial charge in [0.05, 0.1) is 6.54 Å². The van der Waals surface area contributed by atoms with Gasteiger partial charge in [0, 0.05) is 26.2 Å². The molecule has 1 aromatic rings. The van der Waals surface area contributed by atoms with Crippen molar-refractivity contribution >= 4 is 5.91 Å². The van der Waals surface area contributed by atoms with Gasteiger partial charge in [0.2, 0.25) is 5.91 Å². The fourth-order valence-electron chi connectivity index (χ4n) is 2.53. The van der Waals surface area contributed by atoms with Crippen molar-refractivity contribution in [1.82, 2.24) is 15.5 Å². The van der Waals surface area contributed by atoms with Crippen LogP contribution in [0.4, 0.5) is 0 Å². The van der Waals surface area contributed by atoms with Gasteiger partial charge in [0.15, 0.2) is 0 Å². The van der Waals surface area contributed by atoms with Gasteiger partial charge >= 0.3 is 0 Å². The lowest BCUT2D eigenvalue weighted by Gasteiger charge is -2.33. The molecule has 1 aliphatic rings. The summed E-state index contributed by atoms with van der Waals surface area (Å²) in [5.74, 6) is 0.0557. The number of likely N-dealkylation sites (N-methyl/N-ethyl adjacent to an activating group) is 1. The molecule has 1 amide bonds. The van der Waals surface area contributed by atoms with Crippen LogP contribution < -0.4 is 10.6 Å². The summed E-state index contributed by atoms with van der Waals surface area (Å²) in [7, 11) is 1.67. The molecule has 0 saturated carbocycles. The van der Waals surface area contributed by atoms with Crippen LogP contribution in [-0.2, 0) is 11.3 Å². The summed E-state index contributed by atoms with van der Waals surface area (Å²) in [5, 5.41) is 5.97. The summed E-state index contributed by atoms with van der Waals surface area (Å²) >= 11 is 0. The van der Waals surface area contributed by atoms with Crippen molar-refractivity contribution in [3.05, 3.63) is 35.9 Å². The standard InChI is InChI=1S/C15H23N3O/c1-16-15(19)10-17-14-8-5-9-18(12-14)11-13-6-3-2-4-7-13/h2-4,6-7,14,17H,5,8-12H2,1H3,(H,16,19). The minimum Gasteiger partial charge on any atom is -0.358 e. The number of carbonyl (C=O) groups excluding carboxylic acids is 1. The number of nitrogens with one attached hydrogen (secondary N) is 2. The number of benzene rings is 1. The molecule has 2 N–H and O–H groups in total. The average molecular weight is 261 g/mol. The van der Waals surface area contributed by atoms with Gasteiger partial charge in [-0.05, 0) is 24.9 Å². The first-order valence-electron chi connectivity index (χ1n) is 6.98. The third-order valence-electron chi connectivity index (χ3n) is 3.58. The molecule has 0 radical (unpaired) electrons. The van der Waals surface area contributed by atoms with Gasteiger partial charge in [-0.3, -0.25) is 9.69 Å². The van der Waals surface area contributed by atoms with E-state index in [1.165, 1.54) is 12.0 Å². The maximum absolute atomic E-state index is 11.2. The Morgan fingerprint density at radius 2 is 2.16 bits per heavy atom. The maximum Gasteiger partial charge on any atom is 0.233 e. The summed E-state index contributed by atoms with van der Waals surface area (Å²) in [6.45, 7) is 3.58. The van der Waals surface area contributed by atoms with Crippen molar-refractivity contribution in [1.29, 1.82) is 0 Å². The van der Waals surface area contributed by atoms with E-state index in [2.05, 4.69) is 39.8 Å². The SMILES string of the molecule is CNC(=O)CNC1CCCN(Cc2ccccc2)C1. The first-order chi connectivity index (χ1) is 9.28. The molecule has 0 aliphatic carbocycles. The first kappa shape index (κ1) is 14.0. The summed E-state index contributed by atoms with van der Waals surface area (Å²) in [5.41, 5.74) is 1.36. The smallest absolute Gasteiger partial charge is 0.233 e. The molecule has 1 saturated heterocycles. The third-order valence-corrected chi connectivity index (χ3v) is 3.58. The summed E-state index contributed by atoms with van der Waals surface area (Å²) < 4.78 is 0. The highest BCUT2D eigenvalue weighted by atomic mass is 16.1. The fraction of sp³-hybridized carbons (Fsp3) is 0.533. The molecule has 2 rings (SSSR count). The van der Waals surface area contributed by atoms with Gasteiger partial charge in [-0.1, -0.05) is 30.3 Å². The zero-order valence-corrected chi connectivity index (χ0v) is 11.6. The lowest BCUT2D eigenvalue weighted by atomic mass is 10.0. The zero-order chi connectivity index (χ0) is 13.5. The van der Waals surface area contributed by atoms with Crippen LogP contribution in [0.1, 0.15) is 18.4 Å². The van der Waals surface area contributed by atoms with Crippen LogP contribution in [0.3, 0.4) is 0 Å². The Labute approximate surface area is 115 Å². The Balaban J connectivity index is 1.79. The summed E-state index contributed by atoms with van der Waals surface area (Å²) in [4.78, 5) is 13.7. The minimum absolute atomic E-state index is 0.0557. The van der Waals surface area contributed by atoms with Crippen molar-refractivity contribution in [3.63, 3.8) is 0 Å². The Morgan fingerprint density at radius 3 is 2.89 bits per heavy atom. The number of amides is 1. The Kier molecular flexibility index (Phi) is 5.36. The monoisotopic (exact) mass is 261 g/mol. The number of hydrogen-bond donors (Lipinski definition) is 2. The molecule has 1 atom stereocenters.